The zero-order valence-electron chi connectivity index (χ0n) is 10.9. The van der Waals surface area contributed by atoms with E-state index < -0.39 is 16.7 Å². The van der Waals surface area contributed by atoms with Gasteiger partial charge in [-0.25, -0.2) is 0 Å². The van der Waals surface area contributed by atoms with Crippen molar-refractivity contribution in [1.29, 1.82) is 0 Å². The first-order valence-electron chi connectivity index (χ1n) is 5.89. The molecule has 0 atom stereocenters. The molecule has 1 aromatic heterocycles. The lowest BCUT2D eigenvalue weighted by molar-refractivity contribution is -0.143. The number of carbonyl (C=O) groups excluding carboxylic acids is 1. The molecule has 1 aromatic carbocycles. The van der Waals surface area contributed by atoms with Crippen molar-refractivity contribution in [2.45, 2.75) is 19.6 Å². The van der Waals surface area contributed by atoms with Crippen LogP contribution in [0.5, 0.6) is 0 Å². The van der Waals surface area contributed by atoms with Crippen LogP contribution in [0, 0.1) is 0 Å². The molecule has 0 radical (unpaired) electrons. The van der Waals surface area contributed by atoms with Gasteiger partial charge in [0.25, 0.3) is 0 Å². The normalized spacial score (nSPS) is 11.4. The molecular weight excluding hydrogens is 305 g/mol. The maximum atomic E-state index is 12.8. The van der Waals surface area contributed by atoms with E-state index in [9.17, 15) is 22.8 Å². The Labute approximate surface area is 121 Å². The summed E-state index contributed by atoms with van der Waals surface area (Å²) in [7, 11) is 0. The summed E-state index contributed by atoms with van der Waals surface area (Å²) in [6.45, 7) is 1.13. The molecule has 0 unspecified atom stereocenters. The van der Waals surface area contributed by atoms with Gasteiger partial charge in [-0.15, -0.1) is 0 Å². The predicted octanol–water partition coefficient (Wildman–Crippen LogP) is 2.94. The van der Waals surface area contributed by atoms with Crippen LogP contribution in [0.4, 0.5) is 18.9 Å². The minimum Gasteiger partial charge on any atom is -0.326 e. The molecule has 0 bridgehead atoms. The summed E-state index contributed by atoms with van der Waals surface area (Å²) in [6, 6.07) is 6.35. The number of amides is 1. The van der Waals surface area contributed by atoms with Gasteiger partial charge in [0.05, 0.1) is 6.54 Å². The molecule has 1 heterocycles. The van der Waals surface area contributed by atoms with E-state index in [-0.39, 0.29) is 12.5 Å². The van der Waals surface area contributed by atoms with Crippen LogP contribution in [0.15, 0.2) is 34.4 Å². The fourth-order valence-electron chi connectivity index (χ4n) is 1.83. The molecule has 0 aliphatic carbocycles. The van der Waals surface area contributed by atoms with E-state index in [1.165, 1.54) is 13.0 Å². The summed E-state index contributed by atoms with van der Waals surface area (Å²) in [4.78, 5) is 21.9. The van der Waals surface area contributed by atoms with Crippen molar-refractivity contribution in [3.05, 3.63) is 50.6 Å². The van der Waals surface area contributed by atoms with Crippen molar-refractivity contribution in [2.24, 2.45) is 0 Å². The van der Waals surface area contributed by atoms with Gasteiger partial charge in [-0.1, -0.05) is 23.5 Å². The monoisotopic (exact) mass is 316 g/mol. The Balaban J connectivity index is 2.33. The number of aromatic nitrogens is 1. The average Bonchev–Trinajstić information content (AvgIpc) is 2.70. The second-order valence-electron chi connectivity index (χ2n) is 4.35. The number of rotatable bonds is 3. The van der Waals surface area contributed by atoms with Crippen LogP contribution < -0.4 is 10.2 Å². The van der Waals surface area contributed by atoms with Gasteiger partial charge in [0.1, 0.15) is 5.69 Å². The highest BCUT2D eigenvalue weighted by molar-refractivity contribution is 7.07. The minimum atomic E-state index is -4.57. The lowest BCUT2D eigenvalue weighted by atomic mass is 10.2. The summed E-state index contributed by atoms with van der Waals surface area (Å²) in [6.07, 6.45) is -4.57. The number of hydrogen-bond donors (Lipinski definition) is 1. The van der Waals surface area contributed by atoms with Crippen LogP contribution in [0.3, 0.4) is 0 Å². The molecule has 8 heteroatoms. The molecule has 112 valence electrons. The van der Waals surface area contributed by atoms with Gasteiger partial charge in [0.2, 0.25) is 5.91 Å². The van der Waals surface area contributed by atoms with Crippen LogP contribution in [-0.2, 0) is 17.5 Å². The second-order valence-corrected chi connectivity index (χ2v) is 5.17. The van der Waals surface area contributed by atoms with Gasteiger partial charge < -0.3 is 5.32 Å². The van der Waals surface area contributed by atoms with E-state index in [4.69, 9.17) is 0 Å². The van der Waals surface area contributed by atoms with Crippen molar-refractivity contribution in [2.75, 3.05) is 5.32 Å². The molecule has 21 heavy (non-hydrogen) atoms. The van der Waals surface area contributed by atoms with E-state index >= 15 is 0 Å². The van der Waals surface area contributed by atoms with E-state index in [1.54, 1.807) is 18.2 Å². The summed E-state index contributed by atoms with van der Waals surface area (Å²) in [5.74, 6) is -0.282. The minimum absolute atomic E-state index is 0.204. The Morgan fingerprint density at radius 3 is 2.71 bits per heavy atom. The topological polar surface area (TPSA) is 51.1 Å². The number of thiazole rings is 1. The van der Waals surface area contributed by atoms with Gasteiger partial charge in [0.15, 0.2) is 0 Å². The molecule has 1 N–H and O–H groups in total. The van der Waals surface area contributed by atoms with Crippen LogP contribution in [-0.4, -0.2) is 10.5 Å². The maximum Gasteiger partial charge on any atom is 0.432 e. The third-order valence-corrected chi connectivity index (χ3v) is 3.42. The fourth-order valence-corrected chi connectivity index (χ4v) is 2.60. The van der Waals surface area contributed by atoms with Crippen molar-refractivity contribution in [3.63, 3.8) is 0 Å². The molecule has 0 saturated carbocycles. The van der Waals surface area contributed by atoms with Crippen LogP contribution in [0.25, 0.3) is 0 Å². The standard InChI is InChI=1S/C13H11F3N2O2S/c1-8(19)17-10-4-2-3-9(5-10)6-18-11(13(14,15)16)7-21-12(18)20/h2-5,7H,6H2,1H3,(H,17,19). The van der Waals surface area contributed by atoms with Crippen molar-refractivity contribution < 1.29 is 18.0 Å². The first kappa shape index (κ1) is 15.3. The molecule has 2 rings (SSSR count). The Bertz CT molecular complexity index is 719. The number of hydrogen-bond acceptors (Lipinski definition) is 3. The summed E-state index contributed by atoms with van der Waals surface area (Å²) in [5, 5.41) is 3.34. The van der Waals surface area contributed by atoms with Gasteiger partial charge in [-0.05, 0) is 17.7 Å². The largest absolute Gasteiger partial charge is 0.432 e. The third kappa shape index (κ3) is 3.72. The van der Waals surface area contributed by atoms with E-state index in [0.717, 1.165) is 5.38 Å². The zero-order chi connectivity index (χ0) is 15.6. The number of carbonyl (C=O) groups is 1. The Morgan fingerprint density at radius 2 is 2.10 bits per heavy atom. The molecule has 0 spiro atoms. The lowest BCUT2D eigenvalue weighted by Crippen LogP contribution is -2.22. The van der Waals surface area contributed by atoms with Gasteiger partial charge in [-0.2, -0.15) is 13.2 Å². The third-order valence-electron chi connectivity index (χ3n) is 2.66. The molecular formula is C13H11F3N2O2S. The lowest BCUT2D eigenvalue weighted by Gasteiger charge is -2.11. The number of anilines is 1. The van der Waals surface area contributed by atoms with Crippen molar-refractivity contribution >= 4 is 22.9 Å². The molecule has 4 nitrogen and oxygen atoms in total. The van der Waals surface area contributed by atoms with E-state index in [2.05, 4.69) is 5.32 Å². The Kier molecular flexibility index (Phi) is 4.17. The fraction of sp³-hybridized carbons (Fsp3) is 0.231. The number of halogens is 3. The average molecular weight is 316 g/mol. The number of benzene rings is 1. The number of nitrogens with zero attached hydrogens (tertiary/aromatic N) is 1. The molecule has 2 aromatic rings. The van der Waals surface area contributed by atoms with Gasteiger partial charge in [0, 0.05) is 18.0 Å². The van der Waals surface area contributed by atoms with Gasteiger partial charge in [-0.3, -0.25) is 14.2 Å². The summed E-state index contributed by atoms with van der Waals surface area (Å²) >= 11 is 0.510. The van der Waals surface area contributed by atoms with Gasteiger partial charge >= 0.3 is 11.0 Å². The first-order chi connectivity index (χ1) is 9.77. The SMILES string of the molecule is CC(=O)Nc1cccc(Cn2c(C(F)(F)F)csc2=O)c1. The maximum absolute atomic E-state index is 12.8. The molecule has 0 aliphatic heterocycles. The van der Waals surface area contributed by atoms with Crippen LogP contribution >= 0.6 is 11.3 Å². The summed E-state index contributed by atoms with van der Waals surface area (Å²) in [5.41, 5.74) is -0.00785. The smallest absolute Gasteiger partial charge is 0.326 e. The highest BCUT2D eigenvalue weighted by Gasteiger charge is 2.35. The molecule has 0 fully saturated rings. The highest BCUT2D eigenvalue weighted by atomic mass is 32.1. The Hall–Kier alpha value is -2.09. The van der Waals surface area contributed by atoms with Crippen LogP contribution in [0.1, 0.15) is 18.2 Å². The Morgan fingerprint density at radius 1 is 1.38 bits per heavy atom. The van der Waals surface area contributed by atoms with Crippen molar-refractivity contribution in [1.82, 2.24) is 4.57 Å². The van der Waals surface area contributed by atoms with Crippen LogP contribution in [0.2, 0.25) is 0 Å². The number of nitrogens with one attached hydrogen (secondary N) is 1. The molecule has 1 amide bonds. The summed E-state index contributed by atoms with van der Waals surface area (Å²) < 4.78 is 39.1. The predicted molar refractivity (Wildman–Crippen MR) is 73.4 cm³/mol. The molecule has 0 saturated heterocycles. The van der Waals surface area contributed by atoms with E-state index in [0.29, 0.717) is 27.2 Å². The second kappa shape index (κ2) is 5.72. The van der Waals surface area contributed by atoms with E-state index in [1.807, 2.05) is 0 Å². The number of alkyl halides is 3. The highest BCUT2D eigenvalue weighted by Crippen LogP contribution is 2.29. The first-order valence-corrected chi connectivity index (χ1v) is 6.77. The molecule has 0 aliphatic rings. The van der Waals surface area contributed by atoms with Crippen molar-refractivity contribution in [3.8, 4) is 0 Å². The zero-order valence-corrected chi connectivity index (χ0v) is 11.7. The quantitative estimate of drug-likeness (QED) is 0.946.